The van der Waals surface area contributed by atoms with Gasteiger partial charge >= 0.3 is 0 Å². The van der Waals surface area contributed by atoms with E-state index in [2.05, 4.69) is 11.9 Å². The quantitative estimate of drug-likeness (QED) is 0.497. The first-order chi connectivity index (χ1) is 10.8. The maximum Gasteiger partial charge on any atom is 0.149 e. The fraction of sp³-hybridized carbons (Fsp3) is 0.105. The summed E-state index contributed by atoms with van der Waals surface area (Å²) in [5.74, 6) is -0.339. The number of para-hydroxylation sites is 1. The number of hydrogen-bond acceptors (Lipinski definition) is 2. The van der Waals surface area contributed by atoms with Gasteiger partial charge in [-0.3, -0.25) is 4.98 Å². The van der Waals surface area contributed by atoms with Gasteiger partial charge in [0.25, 0.3) is 0 Å². The maximum atomic E-state index is 14.1. The molecule has 0 amide bonds. The van der Waals surface area contributed by atoms with Crippen LogP contribution in [0.1, 0.15) is 12.5 Å². The molecule has 0 spiro atoms. The van der Waals surface area contributed by atoms with Crippen molar-refractivity contribution in [3.8, 4) is 11.3 Å². The first-order valence-corrected chi connectivity index (χ1v) is 7.33. The molecular weight excluding hydrogens is 277 g/mol. The smallest absolute Gasteiger partial charge is 0.149 e. The van der Waals surface area contributed by atoms with E-state index in [0.29, 0.717) is 16.8 Å². The van der Waals surface area contributed by atoms with Crippen molar-refractivity contribution in [3.63, 3.8) is 0 Å². The number of furan rings is 1. The Bertz CT molecular complexity index is 987. The van der Waals surface area contributed by atoms with Gasteiger partial charge in [0.1, 0.15) is 22.7 Å². The van der Waals surface area contributed by atoms with Gasteiger partial charge in [0.05, 0.1) is 0 Å². The highest BCUT2D eigenvalue weighted by Gasteiger charge is 2.17. The molecule has 0 aliphatic carbocycles. The summed E-state index contributed by atoms with van der Waals surface area (Å²) in [6.07, 6.45) is 2.49. The molecule has 0 aliphatic rings. The second-order valence-corrected chi connectivity index (χ2v) is 5.26. The van der Waals surface area contributed by atoms with Gasteiger partial charge < -0.3 is 4.42 Å². The minimum atomic E-state index is -0.339. The Balaban J connectivity index is 2.16. The Labute approximate surface area is 127 Å². The molecule has 0 radical (unpaired) electrons. The summed E-state index contributed by atoms with van der Waals surface area (Å²) in [5, 5.41) is 2.12. The van der Waals surface area contributed by atoms with Crippen molar-refractivity contribution in [2.75, 3.05) is 0 Å². The molecule has 2 aromatic carbocycles. The van der Waals surface area contributed by atoms with Crippen LogP contribution in [-0.2, 0) is 6.42 Å². The molecule has 3 heteroatoms. The predicted octanol–water partition coefficient (Wildman–Crippen LogP) is 5.35. The van der Waals surface area contributed by atoms with Crippen LogP contribution in [0.3, 0.4) is 0 Å². The average Bonchev–Trinajstić information content (AvgIpc) is 2.94. The molecule has 2 nitrogen and oxygen atoms in total. The van der Waals surface area contributed by atoms with E-state index in [1.54, 1.807) is 12.3 Å². The molecule has 22 heavy (non-hydrogen) atoms. The zero-order valence-corrected chi connectivity index (χ0v) is 12.1. The summed E-state index contributed by atoms with van der Waals surface area (Å²) in [4.78, 5) is 4.19. The highest BCUT2D eigenvalue weighted by molar-refractivity contribution is 6.11. The van der Waals surface area contributed by atoms with Gasteiger partial charge in [-0.25, -0.2) is 4.39 Å². The van der Waals surface area contributed by atoms with Crippen molar-refractivity contribution in [2.45, 2.75) is 13.3 Å². The first kappa shape index (κ1) is 13.0. The largest absolute Gasteiger partial charge is 0.455 e. The van der Waals surface area contributed by atoms with Gasteiger partial charge in [0.15, 0.2) is 0 Å². The van der Waals surface area contributed by atoms with Crippen LogP contribution < -0.4 is 0 Å². The Hall–Kier alpha value is -2.68. The molecule has 0 unspecified atom stereocenters. The fourth-order valence-electron chi connectivity index (χ4n) is 2.96. The lowest BCUT2D eigenvalue weighted by Crippen LogP contribution is -1.90. The summed E-state index contributed by atoms with van der Waals surface area (Å²) in [5.41, 5.74) is 3.74. The Kier molecular flexibility index (Phi) is 2.93. The standard InChI is InChI=1S/C19H14FNO/c1-2-12-9-10-14(18-15(20)7-5-11-21-18)19-17(12)13-6-3-4-8-16(13)22-19/h3-11H,2H2,1H3. The van der Waals surface area contributed by atoms with Gasteiger partial charge in [0, 0.05) is 22.5 Å². The molecule has 2 heterocycles. The summed E-state index contributed by atoms with van der Waals surface area (Å²) in [6, 6.07) is 14.9. The van der Waals surface area contributed by atoms with Crippen LogP contribution in [0.15, 0.2) is 59.1 Å². The number of benzene rings is 2. The number of fused-ring (bicyclic) bond motifs is 3. The van der Waals surface area contributed by atoms with Crippen molar-refractivity contribution >= 4 is 21.9 Å². The van der Waals surface area contributed by atoms with E-state index in [4.69, 9.17) is 4.42 Å². The SMILES string of the molecule is CCc1ccc(-c2ncccc2F)c2oc3ccccc3c12. The molecular formula is C19H14FNO. The third-order valence-electron chi connectivity index (χ3n) is 4.01. The maximum absolute atomic E-state index is 14.1. The summed E-state index contributed by atoms with van der Waals surface area (Å²) < 4.78 is 20.2. The fourth-order valence-corrected chi connectivity index (χ4v) is 2.96. The molecule has 0 saturated heterocycles. The van der Waals surface area contributed by atoms with Gasteiger partial charge in [-0.05, 0) is 36.2 Å². The van der Waals surface area contributed by atoms with Crippen LogP contribution >= 0.6 is 0 Å². The Morgan fingerprint density at radius 3 is 2.73 bits per heavy atom. The van der Waals surface area contributed by atoms with Crippen molar-refractivity contribution in [1.82, 2.24) is 4.98 Å². The molecule has 0 bridgehead atoms. The Morgan fingerprint density at radius 2 is 1.91 bits per heavy atom. The number of pyridine rings is 1. The number of rotatable bonds is 2. The molecule has 0 atom stereocenters. The molecule has 0 fully saturated rings. The number of nitrogens with zero attached hydrogens (tertiary/aromatic N) is 1. The third kappa shape index (κ3) is 1.82. The van der Waals surface area contributed by atoms with E-state index in [1.807, 2.05) is 36.4 Å². The molecule has 2 aromatic heterocycles. The average molecular weight is 291 g/mol. The highest BCUT2D eigenvalue weighted by Crippen LogP contribution is 2.38. The normalized spacial score (nSPS) is 11.4. The minimum absolute atomic E-state index is 0.328. The minimum Gasteiger partial charge on any atom is -0.455 e. The Morgan fingerprint density at radius 1 is 1.05 bits per heavy atom. The molecule has 0 aliphatic heterocycles. The highest BCUT2D eigenvalue weighted by atomic mass is 19.1. The molecule has 4 rings (SSSR count). The summed E-state index contributed by atoms with van der Waals surface area (Å²) in [6.45, 7) is 2.11. The summed E-state index contributed by atoms with van der Waals surface area (Å²) >= 11 is 0. The van der Waals surface area contributed by atoms with Crippen molar-refractivity contribution < 1.29 is 8.81 Å². The lowest BCUT2D eigenvalue weighted by molar-refractivity contribution is 0.624. The second kappa shape index (κ2) is 4.95. The van der Waals surface area contributed by atoms with Crippen LogP contribution in [0.25, 0.3) is 33.2 Å². The lowest BCUT2D eigenvalue weighted by Gasteiger charge is -2.06. The van der Waals surface area contributed by atoms with E-state index < -0.39 is 0 Å². The molecule has 0 saturated carbocycles. The van der Waals surface area contributed by atoms with Crippen LogP contribution in [0.2, 0.25) is 0 Å². The van der Waals surface area contributed by atoms with E-state index in [1.165, 1.54) is 11.6 Å². The van der Waals surface area contributed by atoms with E-state index in [9.17, 15) is 4.39 Å². The number of hydrogen-bond donors (Lipinski definition) is 0. The van der Waals surface area contributed by atoms with Gasteiger partial charge in [-0.1, -0.05) is 31.2 Å². The number of halogens is 1. The van der Waals surface area contributed by atoms with Gasteiger partial charge in [-0.15, -0.1) is 0 Å². The van der Waals surface area contributed by atoms with Gasteiger partial charge in [-0.2, -0.15) is 0 Å². The predicted molar refractivity (Wildman–Crippen MR) is 86.3 cm³/mol. The topological polar surface area (TPSA) is 26.0 Å². The van der Waals surface area contributed by atoms with Crippen molar-refractivity contribution in [1.29, 1.82) is 0 Å². The van der Waals surface area contributed by atoms with Crippen molar-refractivity contribution in [2.24, 2.45) is 0 Å². The third-order valence-corrected chi connectivity index (χ3v) is 4.01. The number of aryl methyl sites for hydroxylation is 1. The molecule has 108 valence electrons. The van der Waals surface area contributed by atoms with E-state index >= 15 is 0 Å². The summed E-state index contributed by atoms with van der Waals surface area (Å²) in [7, 11) is 0. The zero-order valence-electron chi connectivity index (χ0n) is 12.1. The van der Waals surface area contributed by atoms with Crippen LogP contribution in [0, 0.1) is 5.82 Å². The van der Waals surface area contributed by atoms with Crippen LogP contribution in [0.4, 0.5) is 4.39 Å². The van der Waals surface area contributed by atoms with Crippen molar-refractivity contribution in [3.05, 3.63) is 66.1 Å². The first-order valence-electron chi connectivity index (χ1n) is 7.33. The van der Waals surface area contributed by atoms with Crippen LogP contribution in [0.5, 0.6) is 0 Å². The second-order valence-electron chi connectivity index (χ2n) is 5.26. The molecule has 0 N–H and O–H groups in total. The lowest BCUT2D eigenvalue weighted by atomic mass is 9.99. The zero-order chi connectivity index (χ0) is 15.1. The monoisotopic (exact) mass is 291 g/mol. The van der Waals surface area contributed by atoms with E-state index in [-0.39, 0.29) is 5.82 Å². The molecule has 4 aromatic rings. The van der Waals surface area contributed by atoms with Gasteiger partial charge in [0.2, 0.25) is 0 Å². The van der Waals surface area contributed by atoms with Crippen LogP contribution in [-0.4, -0.2) is 4.98 Å². The van der Waals surface area contributed by atoms with E-state index in [0.717, 1.165) is 22.8 Å². The number of aromatic nitrogens is 1.